The summed E-state index contributed by atoms with van der Waals surface area (Å²) in [7, 11) is 0. The van der Waals surface area contributed by atoms with E-state index in [2.05, 4.69) is 11.3 Å². The van der Waals surface area contributed by atoms with Crippen molar-refractivity contribution in [2.75, 3.05) is 0 Å². The van der Waals surface area contributed by atoms with Gasteiger partial charge in [-0.15, -0.1) is 6.58 Å². The van der Waals surface area contributed by atoms with Gasteiger partial charge in [0.2, 0.25) is 0 Å². The van der Waals surface area contributed by atoms with Gasteiger partial charge in [-0.25, -0.2) is 4.79 Å². The van der Waals surface area contributed by atoms with Gasteiger partial charge < -0.3 is 9.84 Å². The molecule has 0 spiro atoms. The normalized spacial score (nSPS) is 11.1. The van der Waals surface area contributed by atoms with Crippen LogP contribution in [0, 0.1) is 11.3 Å². The minimum atomic E-state index is -1.44. The fourth-order valence-corrected chi connectivity index (χ4v) is 0.400. The molecule has 0 aliphatic heterocycles. The lowest BCUT2D eigenvalue weighted by atomic mass is 10.3. The average Bonchev–Trinajstić information content (AvgIpc) is 1.86. The maximum absolute atomic E-state index is 9.84. The zero-order valence-electron chi connectivity index (χ0n) is 5.28. The fourth-order valence-electron chi connectivity index (χ4n) is 0.400. The topological polar surface area (TPSA) is 70.3 Å². The molecule has 0 aromatic heterocycles. The molecule has 0 aromatic rings. The van der Waals surface area contributed by atoms with Gasteiger partial charge in [-0.1, -0.05) is 6.08 Å². The molecule has 0 amide bonds. The first kappa shape index (κ1) is 8.50. The number of rotatable bonds is 3. The van der Waals surface area contributed by atoms with Gasteiger partial charge in [0.1, 0.15) is 6.07 Å². The van der Waals surface area contributed by atoms with Crippen LogP contribution in [0.15, 0.2) is 12.7 Å². The Morgan fingerprint density at radius 2 is 2.60 bits per heavy atom. The van der Waals surface area contributed by atoms with Crippen molar-refractivity contribution in [1.29, 1.82) is 5.26 Å². The van der Waals surface area contributed by atoms with Crippen molar-refractivity contribution in [3.05, 3.63) is 12.7 Å². The van der Waals surface area contributed by atoms with Crippen LogP contribution in [0.1, 0.15) is 6.42 Å². The van der Waals surface area contributed by atoms with Crippen molar-refractivity contribution >= 4 is 6.16 Å². The standard InChI is InChI=1S/C6H7NO3/c1-2-3-5(4-7)10-6(8)9/h2,5H,1,3H2,(H,8,9). The second-order valence-corrected chi connectivity index (χ2v) is 1.53. The number of ether oxygens (including phenoxy) is 1. The van der Waals surface area contributed by atoms with Gasteiger partial charge >= 0.3 is 6.16 Å². The molecule has 0 aliphatic carbocycles. The highest BCUT2D eigenvalue weighted by molar-refractivity contribution is 5.57. The van der Waals surface area contributed by atoms with Gasteiger partial charge in [-0.05, 0) is 0 Å². The highest BCUT2D eigenvalue weighted by atomic mass is 16.7. The second kappa shape index (κ2) is 4.39. The summed E-state index contributed by atoms with van der Waals surface area (Å²) in [5, 5.41) is 16.3. The minimum absolute atomic E-state index is 0.225. The first-order valence-electron chi connectivity index (χ1n) is 2.60. The molecule has 0 radical (unpaired) electrons. The first-order chi connectivity index (χ1) is 4.70. The molecule has 4 nitrogen and oxygen atoms in total. The number of carbonyl (C=O) groups is 1. The lowest BCUT2D eigenvalue weighted by Crippen LogP contribution is -2.13. The van der Waals surface area contributed by atoms with E-state index < -0.39 is 12.3 Å². The number of nitrogens with zero attached hydrogens (tertiary/aromatic N) is 1. The van der Waals surface area contributed by atoms with Gasteiger partial charge in [0.05, 0.1) is 0 Å². The summed E-state index contributed by atoms with van der Waals surface area (Å²) >= 11 is 0. The molecule has 1 unspecified atom stereocenters. The van der Waals surface area contributed by atoms with Crippen molar-refractivity contribution in [3.63, 3.8) is 0 Å². The largest absolute Gasteiger partial charge is 0.507 e. The molecular formula is C6H7NO3. The Bertz CT molecular complexity index is 170. The van der Waals surface area contributed by atoms with Crippen LogP contribution >= 0.6 is 0 Å². The van der Waals surface area contributed by atoms with Crippen LogP contribution in [-0.2, 0) is 4.74 Å². The predicted octanol–water partition coefficient (Wildman–Crippen LogP) is 1.15. The average molecular weight is 141 g/mol. The molecule has 0 aliphatic rings. The van der Waals surface area contributed by atoms with E-state index in [1.807, 2.05) is 0 Å². The highest BCUT2D eigenvalue weighted by Gasteiger charge is 2.08. The molecule has 0 bridgehead atoms. The zero-order valence-corrected chi connectivity index (χ0v) is 5.28. The maximum Gasteiger partial charge on any atom is 0.507 e. The third kappa shape index (κ3) is 3.50. The molecule has 1 N–H and O–H groups in total. The second-order valence-electron chi connectivity index (χ2n) is 1.53. The van der Waals surface area contributed by atoms with E-state index in [1.165, 1.54) is 6.08 Å². The summed E-state index contributed by atoms with van der Waals surface area (Å²) in [5.74, 6) is 0. The van der Waals surface area contributed by atoms with Crippen molar-refractivity contribution in [2.24, 2.45) is 0 Å². The molecular weight excluding hydrogens is 134 g/mol. The van der Waals surface area contributed by atoms with Crippen molar-refractivity contribution in [2.45, 2.75) is 12.5 Å². The predicted molar refractivity (Wildman–Crippen MR) is 33.3 cm³/mol. The van der Waals surface area contributed by atoms with E-state index in [4.69, 9.17) is 10.4 Å². The van der Waals surface area contributed by atoms with Gasteiger partial charge in [0.25, 0.3) is 0 Å². The Morgan fingerprint density at radius 3 is 2.90 bits per heavy atom. The zero-order chi connectivity index (χ0) is 7.98. The number of nitriles is 1. The molecule has 0 heterocycles. The molecule has 10 heavy (non-hydrogen) atoms. The van der Waals surface area contributed by atoms with Gasteiger partial charge in [-0.2, -0.15) is 5.26 Å². The molecule has 0 aromatic carbocycles. The Balaban J connectivity index is 3.74. The Morgan fingerprint density at radius 1 is 2.00 bits per heavy atom. The monoisotopic (exact) mass is 141 g/mol. The molecule has 0 saturated carbocycles. The Hall–Kier alpha value is -1.50. The molecule has 1 atom stereocenters. The van der Waals surface area contributed by atoms with Crippen molar-refractivity contribution in [3.8, 4) is 6.07 Å². The van der Waals surface area contributed by atoms with Crippen molar-refractivity contribution in [1.82, 2.24) is 0 Å². The van der Waals surface area contributed by atoms with Crippen LogP contribution in [0.5, 0.6) is 0 Å². The summed E-state index contributed by atoms with van der Waals surface area (Å²) in [6.07, 6.45) is -0.706. The fraction of sp³-hybridized carbons (Fsp3) is 0.333. The van der Waals surface area contributed by atoms with Gasteiger partial charge in [0.15, 0.2) is 6.10 Å². The lowest BCUT2D eigenvalue weighted by molar-refractivity contribution is 0.0726. The quantitative estimate of drug-likeness (QED) is 0.472. The number of hydrogen-bond donors (Lipinski definition) is 1. The van der Waals surface area contributed by atoms with E-state index >= 15 is 0 Å². The molecule has 0 rings (SSSR count). The third-order valence-electron chi connectivity index (χ3n) is 0.768. The SMILES string of the molecule is C=CCC(C#N)OC(=O)O. The Labute approximate surface area is 58.3 Å². The van der Waals surface area contributed by atoms with Crippen molar-refractivity contribution < 1.29 is 14.6 Å². The van der Waals surface area contributed by atoms with Crippen LogP contribution < -0.4 is 0 Å². The van der Waals surface area contributed by atoms with Gasteiger partial charge in [-0.3, -0.25) is 0 Å². The third-order valence-corrected chi connectivity index (χ3v) is 0.768. The summed E-state index contributed by atoms with van der Waals surface area (Å²) in [5.41, 5.74) is 0. The Kier molecular flexibility index (Phi) is 3.73. The molecule has 4 heteroatoms. The first-order valence-corrected chi connectivity index (χ1v) is 2.60. The summed E-state index contributed by atoms with van der Waals surface area (Å²) in [6, 6.07) is 1.66. The van der Waals surface area contributed by atoms with Crippen LogP contribution in [0.3, 0.4) is 0 Å². The number of carboxylic acid groups (broad SMARTS) is 1. The molecule has 54 valence electrons. The maximum atomic E-state index is 9.84. The molecule has 0 fully saturated rings. The minimum Gasteiger partial charge on any atom is -0.450 e. The van der Waals surface area contributed by atoms with E-state index in [1.54, 1.807) is 6.07 Å². The molecule has 0 saturated heterocycles. The van der Waals surface area contributed by atoms with E-state index in [-0.39, 0.29) is 6.42 Å². The highest BCUT2D eigenvalue weighted by Crippen LogP contribution is 1.96. The summed E-state index contributed by atoms with van der Waals surface area (Å²) < 4.78 is 4.12. The summed E-state index contributed by atoms with van der Waals surface area (Å²) in [6.45, 7) is 3.33. The van der Waals surface area contributed by atoms with Crippen LogP contribution in [0.4, 0.5) is 4.79 Å². The van der Waals surface area contributed by atoms with E-state index in [9.17, 15) is 4.79 Å². The van der Waals surface area contributed by atoms with Crippen LogP contribution in [-0.4, -0.2) is 17.4 Å². The van der Waals surface area contributed by atoms with Gasteiger partial charge in [0, 0.05) is 6.42 Å². The van der Waals surface area contributed by atoms with Crippen LogP contribution in [0.2, 0.25) is 0 Å². The van der Waals surface area contributed by atoms with E-state index in [0.29, 0.717) is 0 Å². The van der Waals surface area contributed by atoms with Crippen LogP contribution in [0.25, 0.3) is 0 Å². The summed E-state index contributed by atoms with van der Waals surface area (Å²) in [4.78, 5) is 9.84. The number of hydrogen-bond acceptors (Lipinski definition) is 3. The van der Waals surface area contributed by atoms with E-state index in [0.717, 1.165) is 0 Å². The smallest absolute Gasteiger partial charge is 0.450 e. The lowest BCUT2D eigenvalue weighted by Gasteiger charge is -2.02.